The smallest absolute Gasteiger partial charge is 0.259 e. The second-order valence-electron chi connectivity index (χ2n) is 10.8. The van der Waals surface area contributed by atoms with Gasteiger partial charge in [-0.2, -0.15) is 0 Å². The number of nitrogens with zero attached hydrogens (tertiary/aromatic N) is 2. The quantitative estimate of drug-likeness (QED) is 0.436. The normalized spacial score (nSPS) is 22.2. The maximum absolute atomic E-state index is 15.7. The highest BCUT2D eigenvalue weighted by atomic mass is 19.1. The second-order valence-corrected chi connectivity index (χ2v) is 10.8. The molecule has 4 rings (SSSR count). The first-order valence-corrected chi connectivity index (χ1v) is 13.4. The van der Waals surface area contributed by atoms with Crippen LogP contribution in [0.15, 0.2) is 30.5 Å². The molecule has 0 radical (unpaired) electrons. The van der Waals surface area contributed by atoms with Crippen molar-refractivity contribution in [2.45, 2.75) is 70.8 Å². The molecule has 36 heavy (non-hydrogen) atoms. The number of benzene rings is 1. The number of fused-ring (bicyclic) bond motifs is 1. The number of aryl methyl sites for hydroxylation is 1. The van der Waals surface area contributed by atoms with Gasteiger partial charge >= 0.3 is 0 Å². The summed E-state index contributed by atoms with van der Waals surface area (Å²) in [5.41, 5.74) is 0.180. The largest absolute Gasteiger partial charge is 0.385 e. The van der Waals surface area contributed by atoms with E-state index >= 15 is 4.39 Å². The van der Waals surface area contributed by atoms with E-state index in [2.05, 4.69) is 47.4 Å². The third-order valence-electron chi connectivity index (χ3n) is 7.36. The number of carbonyl (C=O) groups excluding carboxylic acids is 2. The zero-order valence-electron chi connectivity index (χ0n) is 21.9. The molecule has 1 aromatic carbocycles. The Morgan fingerprint density at radius 2 is 2.08 bits per heavy atom. The summed E-state index contributed by atoms with van der Waals surface area (Å²) < 4.78 is 23.2. The van der Waals surface area contributed by atoms with Crippen molar-refractivity contribution in [2.24, 2.45) is 11.8 Å². The topological polar surface area (TPSA) is 75.6 Å². The highest BCUT2D eigenvalue weighted by Gasteiger charge is 2.47. The van der Waals surface area contributed by atoms with Gasteiger partial charge in [0, 0.05) is 76.0 Å². The van der Waals surface area contributed by atoms with Gasteiger partial charge < -0.3 is 24.8 Å². The highest BCUT2D eigenvalue weighted by molar-refractivity contribution is 5.88. The highest BCUT2D eigenvalue weighted by Crippen LogP contribution is 2.34. The van der Waals surface area contributed by atoms with Crippen LogP contribution in [0, 0.1) is 11.8 Å². The van der Waals surface area contributed by atoms with Gasteiger partial charge in [-0.15, -0.1) is 0 Å². The fourth-order valence-corrected chi connectivity index (χ4v) is 5.16. The zero-order chi connectivity index (χ0) is 25.7. The van der Waals surface area contributed by atoms with Crippen LogP contribution in [-0.4, -0.2) is 66.3 Å². The SMILES string of the molecule is COCCCn1cc(CN(C(=O)[C@H]2CNC[C@@](F)(C(=O)NCCC(C)C)C2)C2CC2)c2ccccc21. The molecule has 1 aliphatic carbocycles. The van der Waals surface area contributed by atoms with Crippen molar-refractivity contribution >= 4 is 22.7 Å². The van der Waals surface area contributed by atoms with Gasteiger partial charge in [-0.25, -0.2) is 4.39 Å². The summed E-state index contributed by atoms with van der Waals surface area (Å²) in [6.45, 7) is 6.96. The number of methoxy groups -OCH3 is 1. The van der Waals surface area contributed by atoms with E-state index in [-0.39, 0.29) is 24.9 Å². The molecule has 198 valence electrons. The molecule has 1 saturated carbocycles. The van der Waals surface area contributed by atoms with Crippen molar-refractivity contribution < 1.29 is 18.7 Å². The maximum Gasteiger partial charge on any atom is 0.259 e. The Labute approximate surface area is 213 Å². The molecule has 2 fully saturated rings. The van der Waals surface area contributed by atoms with Crippen LogP contribution in [-0.2, 0) is 27.4 Å². The van der Waals surface area contributed by atoms with Crippen molar-refractivity contribution in [1.29, 1.82) is 0 Å². The lowest BCUT2D eigenvalue weighted by Gasteiger charge is -2.36. The van der Waals surface area contributed by atoms with Crippen molar-refractivity contribution in [1.82, 2.24) is 20.1 Å². The first kappa shape index (κ1) is 26.6. The molecule has 1 aromatic heterocycles. The van der Waals surface area contributed by atoms with E-state index < -0.39 is 17.5 Å². The first-order valence-electron chi connectivity index (χ1n) is 13.4. The lowest BCUT2D eigenvalue weighted by molar-refractivity contribution is -0.143. The van der Waals surface area contributed by atoms with Crippen LogP contribution in [0.2, 0.25) is 0 Å². The molecule has 7 nitrogen and oxygen atoms in total. The van der Waals surface area contributed by atoms with Gasteiger partial charge in [0.2, 0.25) is 11.6 Å². The molecule has 0 unspecified atom stereocenters. The number of alkyl halides is 1. The van der Waals surface area contributed by atoms with Crippen molar-refractivity contribution in [3.05, 3.63) is 36.0 Å². The Hall–Kier alpha value is -2.45. The molecule has 2 aliphatic rings. The molecule has 0 bridgehead atoms. The van der Waals surface area contributed by atoms with Gasteiger partial charge in [0.15, 0.2) is 0 Å². The number of ether oxygens (including phenoxy) is 1. The molecule has 2 N–H and O–H groups in total. The summed E-state index contributed by atoms with van der Waals surface area (Å²) in [7, 11) is 1.71. The number of halogens is 1. The molecule has 2 atom stereocenters. The van der Waals surface area contributed by atoms with Crippen LogP contribution in [0.3, 0.4) is 0 Å². The minimum absolute atomic E-state index is 0.0529. The van der Waals surface area contributed by atoms with E-state index in [1.807, 2.05) is 17.0 Å². The Kier molecular flexibility index (Phi) is 8.67. The number of rotatable bonds is 12. The summed E-state index contributed by atoms with van der Waals surface area (Å²) in [6.07, 6.45) is 5.71. The van der Waals surface area contributed by atoms with Crippen molar-refractivity contribution in [2.75, 3.05) is 33.4 Å². The molecular weight excluding hydrogens is 459 g/mol. The van der Waals surface area contributed by atoms with E-state index in [4.69, 9.17) is 4.74 Å². The van der Waals surface area contributed by atoms with Crippen molar-refractivity contribution in [3.63, 3.8) is 0 Å². The van der Waals surface area contributed by atoms with Crippen molar-refractivity contribution in [3.8, 4) is 0 Å². The summed E-state index contributed by atoms with van der Waals surface area (Å²) in [6, 6.07) is 8.45. The Balaban J connectivity index is 1.47. The Morgan fingerprint density at radius 1 is 1.31 bits per heavy atom. The van der Waals surface area contributed by atoms with Gasteiger partial charge in [0.1, 0.15) is 0 Å². The summed E-state index contributed by atoms with van der Waals surface area (Å²) >= 11 is 0. The predicted octanol–water partition coefficient (Wildman–Crippen LogP) is 3.65. The monoisotopic (exact) mass is 500 g/mol. The number of piperidine rings is 1. The van der Waals surface area contributed by atoms with Gasteiger partial charge in [0.25, 0.3) is 5.91 Å². The van der Waals surface area contributed by atoms with Crippen LogP contribution >= 0.6 is 0 Å². The van der Waals surface area contributed by atoms with Gasteiger partial charge in [-0.05, 0) is 43.2 Å². The Bertz CT molecular complexity index is 1050. The number of nitrogens with one attached hydrogen (secondary N) is 2. The van der Waals surface area contributed by atoms with E-state index in [1.54, 1.807) is 7.11 Å². The van der Waals surface area contributed by atoms with Gasteiger partial charge in [0.05, 0.1) is 5.92 Å². The summed E-state index contributed by atoms with van der Waals surface area (Å²) in [5, 5.41) is 6.91. The minimum atomic E-state index is -2.07. The number of hydrogen-bond donors (Lipinski definition) is 2. The number of carbonyl (C=O) groups is 2. The van der Waals surface area contributed by atoms with Crippen LogP contribution in [0.1, 0.15) is 51.5 Å². The number of hydrogen-bond acceptors (Lipinski definition) is 4. The van der Waals surface area contributed by atoms with Crippen LogP contribution in [0.5, 0.6) is 0 Å². The number of para-hydroxylation sites is 1. The zero-order valence-corrected chi connectivity index (χ0v) is 21.9. The van der Waals surface area contributed by atoms with Crippen LogP contribution in [0.4, 0.5) is 4.39 Å². The molecule has 2 aromatic rings. The van der Waals surface area contributed by atoms with E-state index in [9.17, 15) is 9.59 Å². The van der Waals surface area contributed by atoms with E-state index in [0.717, 1.165) is 48.7 Å². The number of amides is 2. The molecule has 2 amide bonds. The standard InChI is InChI=1S/C28H41FN4O3/c1-20(2)11-12-31-27(35)28(29)15-21(16-30-19-28)26(34)33(23-9-10-23)18-22-17-32(13-6-14-36-3)25-8-5-4-7-24(22)25/h4-5,7-8,17,20-21,23,30H,6,9-16,18-19H2,1-3H3,(H,31,35)/t21-,28-/m1/s1. The average Bonchev–Trinajstić information content (AvgIpc) is 3.65. The molecule has 2 heterocycles. The van der Waals surface area contributed by atoms with E-state index in [0.29, 0.717) is 32.2 Å². The van der Waals surface area contributed by atoms with Crippen LogP contribution in [0.25, 0.3) is 10.9 Å². The fraction of sp³-hybridized carbons (Fsp3) is 0.643. The van der Waals surface area contributed by atoms with Gasteiger partial charge in [-0.3, -0.25) is 9.59 Å². The summed E-state index contributed by atoms with van der Waals surface area (Å²) in [4.78, 5) is 28.3. The molecule has 0 spiro atoms. The minimum Gasteiger partial charge on any atom is -0.385 e. The van der Waals surface area contributed by atoms with Crippen LogP contribution < -0.4 is 10.6 Å². The average molecular weight is 501 g/mol. The van der Waals surface area contributed by atoms with E-state index in [1.165, 1.54) is 0 Å². The lowest BCUT2D eigenvalue weighted by Crippen LogP contribution is -2.58. The van der Waals surface area contributed by atoms with Gasteiger partial charge in [-0.1, -0.05) is 32.0 Å². The third-order valence-corrected chi connectivity index (χ3v) is 7.36. The first-order chi connectivity index (χ1) is 17.3. The third kappa shape index (κ3) is 6.27. The second kappa shape index (κ2) is 11.7. The predicted molar refractivity (Wildman–Crippen MR) is 139 cm³/mol. The number of aromatic nitrogens is 1. The summed E-state index contributed by atoms with van der Waals surface area (Å²) in [5.74, 6) is -0.795. The lowest BCUT2D eigenvalue weighted by atomic mass is 9.86. The Morgan fingerprint density at radius 3 is 2.81 bits per heavy atom. The molecule has 8 heteroatoms. The molecule has 1 aliphatic heterocycles. The molecular formula is C28H41FN4O3. The fourth-order valence-electron chi connectivity index (χ4n) is 5.16. The maximum atomic E-state index is 15.7. The molecule has 1 saturated heterocycles.